The van der Waals surface area contributed by atoms with E-state index < -0.39 is 0 Å². The van der Waals surface area contributed by atoms with Crippen LogP contribution in [-0.4, -0.2) is 35.0 Å². The zero-order valence-electron chi connectivity index (χ0n) is 8.80. The normalized spacial score (nSPS) is 28.2. The van der Waals surface area contributed by atoms with Crippen LogP contribution in [0.5, 0.6) is 0 Å². The first-order valence-corrected chi connectivity index (χ1v) is 4.98. The summed E-state index contributed by atoms with van der Waals surface area (Å²) in [5, 5.41) is 16.3. The van der Waals surface area contributed by atoms with Crippen molar-refractivity contribution in [2.75, 3.05) is 13.7 Å². The number of aromatic nitrogens is 2. The SMILES string of the molecule is COC(C)c1noc([C@@H]2CC(O)CN2)n1. The summed E-state index contributed by atoms with van der Waals surface area (Å²) in [6, 6.07) is -0.0368. The molecule has 0 aliphatic carbocycles. The molecule has 0 bridgehead atoms. The fourth-order valence-electron chi connectivity index (χ4n) is 1.56. The van der Waals surface area contributed by atoms with Gasteiger partial charge in [0.25, 0.3) is 0 Å². The number of ether oxygens (including phenoxy) is 1. The zero-order valence-corrected chi connectivity index (χ0v) is 8.80. The standard InChI is InChI=1S/C9H15N3O3/c1-5(14-2)8-11-9(15-12-8)7-3-6(13)4-10-7/h5-7,10,13H,3-4H2,1-2H3/t5?,6?,7-/m0/s1. The van der Waals surface area contributed by atoms with Crippen LogP contribution in [0.15, 0.2) is 4.52 Å². The average Bonchev–Trinajstić information content (AvgIpc) is 2.84. The fraction of sp³-hybridized carbons (Fsp3) is 0.778. The van der Waals surface area contributed by atoms with Crippen LogP contribution in [0.3, 0.4) is 0 Å². The molecule has 2 unspecified atom stereocenters. The minimum atomic E-state index is -0.329. The highest BCUT2D eigenvalue weighted by atomic mass is 16.5. The summed E-state index contributed by atoms with van der Waals surface area (Å²) in [4.78, 5) is 4.22. The molecule has 0 saturated carbocycles. The molecule has 1 aliphatic rings. The Labute approximate surface area is 87.6 Å². The van der Waals surface area contributed by atoms with Gasteiger partial charge < -0.3 is 19.7 Å². The highest BCUT2D eigenvalue weighted by Crippen LogP contribution is 2.23. The topological polar surface area (TPSA) is 80.4 Å². The Balaban J connectivity index is 2.07. The number of nitrogens with one attached hydrogen (secondary N) is 1. The Morgan fingerprint density at radius 2 is 2.47 bits per heavy atom. The van der Waals surface area contributed by atoms with E-state index in [2.05, 4.69) is 15.5 Å². The first-order chi connectivity index (χ1) is 7.20. The molecule has 2 rings (SSSR count). The van der Waals surface area contributed by atoms with Crippen LogP contribution < -0.4 is 5.32 Å². The van der Waals surface area contributed by atoms with Crippen molar-refractivity contribution >= 4 is 0 Å². The number of hydrogen-bond acceptors (Lipinski definition) is 6. The summed E-state index contributed by atoms with van der Waals surface area (Å²) in [7, 11) is 1.60. The molecule has 1 saturated heterocycles. The predicted octanol–water partition coefficient (Wildman–Crippen LogP) is 0.172. The Morgan fingerprint density at radius 1 is 1.67 bits per heavy atom. The number of hydrogen-bond donors (Lipinski definition) is 2. The molecule has 15 heavy (non-hydrogen) atoms. The second kappa shape index (κ2) is 4.26. The number of rotatable bonds is 3. The molecule has 0 spiro atoms. The molecule has 2 N–H and O–H groups in total. The third kappa shape index (κ3) is 2.17. The van der Waals surface area contributed by atoms with Crippen molar-refractivity contribution in [3.8, 4) is 0 Å². The summed E-state index contributed by atoms with van der Waals surface area (Å²) in [6.45, 7) is 2.42. The van der Waals surface area contributed by atoms with E-state index in [0.717, 1.165) is 0 Å². The molecule has 0 aromatic carbocycles. The molecule has 1 aromatic rings. The van der Waals surface area contributed by atoms with E-state index in [0.29, 0.717) is 24.7 Å². The Bertz CT molecular complexity index is 328. The van der Waals surface area contributed by atoms with Gasteiger partial charge in [-0.05, 0) is 13.3 Å². The van der Waals surface area contributed by atoms with Gasteiger partial charge in [0.15, 0.2) is 5.82 Å². The van der Waals surface area contributed by atoms with E-state index in [1.165, 1.54) is 0 Å². The summed E-state index contributed by atoms with van der Waals surface area (Å²) in [6.07, 6.45) is 0.113. The van der Waals surface area contributed by atoms with Crippen molar-refractivity contribution in [2.24, 2.45) is 0 Å². The van der Waals surface area contributed by atoms with Crippen molar-refractivity contribution in [3.05, 3.63) is 11.7 Å². The van der Waals surface area contributed by atoms with Crippen molar-refractivity contribution in [2.45, 2.75) is 31.6 Å². The smallest absolute Gasteiger partial charge is 0.243 e. The first-order valence-electron chi connectivity index (χ1n) is 4.98. The number of aliphatic hydroxyl groups is 1. The van der Waals surface area contributed by atoms with E-state index in [-0.39, 0.29) is 18.2 Å². The lowest BCUT2D eigenvalue weighted by Crippen LogP contribution is -2.15. The quantitative estimate of drug-likeness (QED) is 0.745. The molecule has 6 nitrogen and oxygen atoms in total. The maximum Gasteiger partial charge on any atom is 0.243 e. The second-order valence-corrected chi connectivity index (χ2v) is 3.72. The monoisotopic (exact) mass is 213 g/mol. The minimum absolute atomic E-state index is 0.0368. The average molecular weight is 213 g/mol. The van der Waals surface area contributed by atoms with Crippen molar-refractivity contribution in [1.82, 2.24) is 15.5 Å². The maximum absolute atomic E-state index is 9.35. The summed E-state index contributed by atoms with van der Waals surface area (Å²) < 4.78 is 10.2. The van der Waals surface area contributed by atoms with Crippen molar-refractivity contribution in [3.63, 3.8) is 0 Å². The first kappa shape index (κ1) is 10.5. The molecule has 1 aromatic heterocycles. The molecule has 1 fully saturated rings. The van der Waals surface area contributed by atoms with Crippen LogP contribution in [0.1, 0.15) is 37.2 Å². The van der Waals surface area contributed by atoms with Gasteiger partial charge in [0.2, 0.25) is 5.89 Å². The largest absolute Gasteiger partial charge is 0.392 e. The molecule has 0 radical (unpaired) electrons. The van der Waals surface area contributed by atoms with Gasteiger partial charge in [-0.15, -0.1) is 0 Å². The van der Waals surface area contributed by atoms with Gasteiger partial charge in [0.1, 0.15) is 6.10 Å². The van der Waals surface area contributed by atoms with E-state index >= 15 is 0 Å². The van der Waals surface area contributed by atoms with E-state index in [4.69, 9.17) is 9.26 Å². The van der Waals surface area contributed by atoms with Gasteiger partial charge in [-0.1, -0.05) is 5.16 Å². The fourth-order valence-corrected chi connectivity index (χ4v) is 1.56. The van der Waals surface area contributed by atoms with Gasteiger partial charge in [0, 0.05) is 13.7 Å². The molecular weight excluding hydrogens is 198 g/mol. The van der Waals surface area contributed by atoms with Crippen LogP contribution in [0.4, 0.5) is 0 Å². The molecule has 3 atom stereocenters. The molecule has 84 valence electrons. The molecule has 0 amide bonds. The Morgan fingerprint density at radius 3 is 3.07 bits per heavy atom. The van der Waals surface area contributed by atoms with Crippen LogP contribution in [0, 0.1) is 0 Å². The van der Waals surface area contributed by atoms with Crippen LogP contribution in [0.2, 0.25) is 0 Å². The maximum atomic E-state index is 9.35. The molecule has 1 aliphatic heterocycles. The Kier molecular flexibility index (Phi) is 2.99. The third-order valence-corrected chi connectivity index (χ3v) is 2.58. The van der Waals surface area contributed by atoms with Crippen LogP contribution in [-0.2, 0) is 4.74 Å². The van der Waals surface area contributed by atoms with E-state index in [9.17, 15) is 5.11 Å². The number of nitrogens with zero attached hydrogens (tertiary/aromatic N) is 2. The molecule has 2 heterocycles. The van der Waals surface area contributed by atoms with Crippen molar-refractivity contribution in [1.29, 1.82) is 0 Å². The minimum Gasteiger partial charge on any atom is -0.392 e. The van der Waals surface area contributed by atoms with E-state index in [1.54, 1.807) is 7.11 Å². The van der Waals surface area contributed by atoms with Crippen LogP contribution in [0.25, 0.3) is 0 Å². The summed E-state index contributed by atoms with van der Waals surface area (Å²) in [5.41, 5.74) is 0. The lowest BCUT2D eigenvalue weighted by atomic mass is 10.2. The summed E-state index contributed by atoms with van der Waals surface area (Å²) in [5.74, 6) is 1.06. The number of aliphatic hydroxyl groups excluding tert-OH is 1. The lowest BCUT2D eigenvalue weighted by molar-refractivity contribution is 0.109. The molecular formula is C9H15N3O3. The lowest BCUT2D eigenvalue weighted by Gasteiger charge is -2.03. The van der Waals surface area contributed by atoms with Crippen LogP contribution >= 0.6 is 0 Å². The van der Waals surface area contributed by atoms with Gasteiger partial charge in [-0.2, -0.15) is 4.98 Å². The molecule has 6 heteroatoms. The number of methoxy groups -OCH3 is 1. The highest BCUT2D eigenvalue weighted by molar-refractivity contribution is 4.98. The zero-order chi connectivity index (χ0) is 10.8. The number of β-amino-alcohol motifs (C(OH)–C–C–N with tert-alkyl or cyclic N) is 1. The second-order valence-electron chi connectivity index (χ2n) is 3.72. The highest BCUT2D eigenvalue weighted by Gasteiger charge is 2.28. The van der Waals surface area contributed by atoms with Gasteiger partial charge >= 0.3 is 0 Å². The van der Waals surface area contributed by atoms with Crippen molar-refractivity contribution < 1.29 is 14.4 Å². The van der Waals surface area contributed by atoms with Gasteiger partial charge in [0.05, 0.1) is 12.1 Å². The van der Waals surface area contributed by atoms with Gasteiger partial charge in [-0.3, -0.25) is 0 Å². The van der Waals surface area contributed by atoms with Gasteiger partial charge in [-0.25, -0.2) is 0 Å². The third-order valence-electron chi connectivity index (χ3n) is 2.58. The van der Waals surface area contributed by atoms with E-state index in [1.807, 2.05) is 6.92 Å². The Hall–Kier alpha value is -0.980. The summed E-state index contributed by atoms with van der Waals surface area (Å²) >= 11 is 0. The predicted molar refractivity (Wildman–Crippen MR) is 51.1 cm³/mol.